The number of hydrogen-bond donors (Lipinski definition) is 2. The van der Waals surface area contributed by atoms with Crippen LogP contribution in [0.2, 0.25) is 10.3 Å². The monoisotopic (exact) mass is 482 g/mol. The Labute approximate surface area is 195 Å². The van der Waals surface area contributed by atoms with E-state index >= 15 is 0 Å². The van der Waals surface area contributed by atoms with Crippen LogP contribution < -0.4 is 9.47 Å². The Morgan fingerprint density at radius 3 is 2.31 bits per heavy atom. The van der Waals surface area contributed by atoms with Gasteiger partial charge in [-0.3, -0.25) is 9.59 Å². The van der Waals surface area contributed by atoms with E-state index < -0.39 is 30.0 Å². The number of Topliss-reactive ketones (excluding diaryl/α,β-unsaturated/α-hetero) is 2. The van der Waals surface area contributed by atoms with Crippen molar-refractivity contribution in [1.29, 1.82) is 0 Å². The van der Waals surface area contributed by atoms with Crippen LogP contribution >= 0.6 is 23.2 Å². The summed E-state index contributed by atoms with van der Waals surface area (Å²) in [5.41, 5.74) is 0.301. The quantitative estimate of drug-likeness (QED) is 0.351. The second-order valence-corrected chi connectivity index (χ2v) is 8.44. The number of ketones is 2. The zero-order valence-corrected chi connectivity index (χ0v) is 19.4. The zero-order chi connectivity index (χ0) is 23.6. The molecule has 2 unspecified atom stereocenters. The van der Waals surface area contributed by atoms with Crippen molar-refractivity contribution in [3.63, 3.8) is 0 Å². The molecule has 2 heterocycles. The van der Waals surface area contributed by atoms with Crippen molar-refractivity contribution in [2.45, 2.75) is 24.9 Å². The molecule has 172 valence electrons. The van der Waals surface area contributed by atoms with Crippen molar-refractivity contribution >= 4 is 34.8 Å². The Bertz CT molecular complexity index is 1030. The number of likely N-dealkylation sites (N-methyl/N-ethyl adjacent to an activating group) is 1. The molecule has 2 atom stereocenters. The molecule has 0 spiro atoms. The van der Waals surface area contributed by atoms with Crippen LogP contribution in [0.15, 0.2) is 18.2 Å². The van der Waals surface area contributed by atoms with Gasteiger partial charge >= 0.3 is 0 Å². The molecule has 32 heavy (non-hydrogen) atoms. The first-order valence-corrected chi connectivity index (χ1v) is 10.7. The molecule has 1 aliphatic rings. The number of benzene rings is 1. The highest BCUT2D eigenvalue weighted by molar-refractivity contribution is 6.33. The van der Waals surface area contributed by atoms with Gasteiger partial charge in [0.15, 0.2) is 11.6 Å². The van der Waals surface area contributed by atoms with E-state index in [4.69, 9.17) is 32.7 Å². The molecule has 1 saturated heterocycles. The van der Waals surface area contributed by atoms with Gasteiger partial charge in [0.1, 0.15) is 33.1 Å². The molecule has 2 N–H and O–H groups in total. The highest BCUT2D eigenvalue weighted by Crippen LogP contribution is 2.46. The van der Waals surface area contributed by atoms with Gasteiger partial charge in [-0.1, -0.05) is 23.2 Å². The first kappa shape index (κ1) is 24.3. The molecule has 1 fully saturated rings. The topological polar surface area (TPSA) is 109 Å². The second-order valence-electron chi connectivity index (χ2n) is 7.67. The molecular weight excluding hydrogens is 459 g/mol. The van der Waals surface area contributed by atoms with Crippen LogP contribution in [0.4, 0.5) is 0 Å². The van der Waals surface area contributed by atoms with Crippen molar-refractivity contribution in [3.05, 3.63) is 45.2 Å². The van der Waals surface area contributed by atoms with E-state index in [0.29, 0.717) is 30.8 Å². The van der Waals surface area contributed by atoms with E-state index in [0.717, 1.165) is 0 Å². The highest BCUT2D eigenvalue weighted by atomic mass is 35.5. The smallest absolute Gasteiger partial charge is 0.178 e. The van der Waals surface area contributed by atoms with Gasteiger partial charge in [0.05, 0.1) is 26.7 Å². The number of methoxy groups -OCH3 is 2. The summed E-state index contributed by atoms with van der Waals surface area (Å²) < 4.78 is 10.7. The predicted molar refractivity (Wildman–Crippen MR) is 120 cm³/mol. The standard InChI is InChI=1S/C22H24Cl2N2O6/c1-26-5-4-12(15(29)10-26)20-16(31-2)9-17(32-3)21(22(20)30)14(28)8-13(27)11-6-18(23)25-19(24)7-11/h6-7,9,12,15,29-30H,4-5,8,10H2,1-3H3. The number of phenolic OH excluding ortho intramolecular Hbond substituents is 1. The summed E-state index contributed by atoms with van der Waals surface area (Å²) in [4.78, 5) is 31.6. The Kier molecular flexibility index (Phi) is 7.61. The van der Waals surface area contributed by atoms with Crippen molar-refractivity contribution < 1.29 is 29.3 Å². The maximum atomic E-state index is 13.1. The van der Waals surface area contributed by atoms with Crippen LogP contribution in [0.5, 0.6) is 17.2 Å². The molecule has 10 heteroatoms. The number of hydrogen-bond acceptors (Lipinski definition) is 8. The number of aromatic nitrogens is 1. The molecule has 0 aliphatic carbocycles. The van der Waals surface area contributed by atoms with Gasteiger partial charge in [-0.15, -0.1) is 0 Å². The summed E-state index contributed by atoms with van der Waals surface area (Å²) in [6, 6.07) is 4.11. The molecule has 0 radical (unpaired) electrons. The number of phenols is 1. The molecule has 0 amide bonds. The summed E-state index contributed by atoms with van der Waals surface area (Å²) in [6.07, 6.45) is -0.774. The molecule has 0 saturated carbocycles. The third-order valence-electron chi connectivity index (χ3n) is 5.55. The Balaban J connectivity index is 2.01. The fourth-order valence-electron chi connectivity index (χ4n) is 3.98. The average molecular weight is 483 g/mol. The normalized spacial score (nSPS) is 18.9. The van der Waals surface area contributed by atoms with Gasteiger partial charge in [-0.25, -0.2) is 4.98 Å². The average Bonchev–Trinajstić information content (AvgIpc) is 2.72. The van der Waals surface area contributed by atoms with Gasteiger partial charge in [0.25, 0.3) is 0 Å². The van der Waals surface area contributed by atoms with Gasteiger partial charge in [-0.2, -0.15) is 0 Å². The number of carbonyl (C=O) groups excluding carboxylic acids is 2. The molecule has 1 aromatic heterocycles. The number of ether oxygens (including phenoxy) is 2. The summed E-state index contributed by atoms with van der Waals surface area (Å²) in [7, 11) is 4.67. The minimum Gasteiger partial charge on any atom is -0.507 e. The number of nitrogens with zero attached hydrogens (tertiary/aromatic N) is 2. The molecule has 2 aromatic rings. The molecule has 1 aliphatic heterocycles. The molecule has 3 rings (SSSR count). The summed E-state index contributed by atoms with van der Waals surface area (Å²) in [6.45, 7) is 1.10. The number of likely N-dealkylation sites (tertiary alicyclic amines) is 1. The van der Waals surface area contributed by atoms with E-state index in [-0.39, 0.29) is 32.9 Å². The zero-order valence-electron chi connectivity index (χ0n) is 17.9. The number of rotatable bonds is 7. The first-order valence-electron chi connectivity index (χ1n) is 9.90. The maximum Gasteiger partial charge on any atom is 0.178 e. The number of aliphatic hydroxyl groups excluding tert-OH is 1. The second kappa shape index (κ2) is 10.0. The lowest BCUT2D eigenvalue weighted by molar-refractivity contribution is 0.0618. The minimum absolute atomic E-state index is 0.0247. The lowest BCUT2D eigenvalue weighted by Gasteiger charge is -2.35. The van der Waals surface area contributed by atoms with E-state index in [1.807, 2.05) is 11.9 Å². The van der Waals surface area contributed by atoms with Gasteiger partial charge < -0.3 is 24.6 Å². The Morgan fingerprint density at radius 2 is 1.75 bits per heavy atom. The van der Waals surface area contributed by atoms with Crippen molar-refractivity contribution in [2.24, 2.45) is 0 Å². The number of pyridine rings is 1. The molecule has 0 bridgehead atoms. The Hall–Kier alpha value is -2.39. The SMILES string of the molecule is COc1cc(OC)c(C2CCN(C)CC2O)c(O)c1C(=O)CC(=O)c1cc(Cl)nc(Cl)c1. The third-order valence-corrected chi connectivity index (χ3v) is 5.93. The van der Waals surface area contributed by atoms with Crippen molar-refractivity contribution in [3.8, 4) is 17.2 Å². The predicted octanol–water partition coefficient (Wildman–Crippen LogP) is 3.35. The summed E-state index contributed by atoms with van der Waals surface area (Å²) in [5.74, 6) is -1.65. The highest BCUT2D eigenvalue weighted by Gasteiger charge is 2.35. The van der Waals surface area contributed by atoms with Gasteiger partial charge in [-0.05, 0) is 32.1 Å². The minimum atomic E-state index is -0.771. The van der Waals surface area contributed by atoms with Crippen LogP contribution in [0, 0.1) is 0 Å². The van der Waals surface area contributed by atoms with Crippen LogP contribution in [0.25, 0.3) is 0 Å². The van der Waals surface area contributed by atoms with Crippen LogP contribution in [-0.2, 0) is 0 Å². The number of aromatic hydroxyl groups is 1. The molecule has 8 nitrogen and oxygen atoms in total. The number of carbonyl (C=O) groups is 2. The lowest BCUT2D eigenvalue weighted by Crippen LogP contribution is -2.40. The number of aliphatic hydroxyl groups is 1. The maximum absolute atomic E-state index is 13.1. The fourth-order valence-corrected chi connectivity index (χ4v) is 4.44. The summed E-state index contributed by atoms with van der Waals surface area (Å²) in [5, 5.41) is 21.8. The van der Waals surface area contributed by atoms with Crippen LogP contribution in [0.3, 0.4) is 0 Å². The van der Waals surface area contributed by atoms with E-state index in [1.54, 1.807) is 0 Å². The largest absolute Gasteiger partial charge is 0.507 e. The van der Waals surface area contributed by atoms with E-state index in [9.17, 15) is 19.8 Å². The third kappa shape index (κ3) is 4.99. The number of piperidine rings is 1. The van der Waals surface area contributed by atoms with Crippen molar-refractivity contribution in [1.82, 2.24) is 9.88 Å². The molecular formula is C22H24Cl2N2O6. The molecule has 1 aromatic carbocycles. The van der Waals surface area contributed by atoms with Crippen molar-refractivity contribution in [2.75, 3.05) is 34.4 Å². The first-order chi connectivity index (χ1) is 15.2. The number of β-amino-alcohol motifs (C(OH)–C–C–N with tert-alkyl or cyclic N) is 1. The van der Waals surface area contributed by atoms with Gasteiger partial charge in [0.2, 0.25) is 0 Å². The Morgan fingerprint density at radius 1 is 1.12 bits per heavy atom. The van der Waals surface area contributed by atoms with E-state index in [1.165, 1.54) is 32.4 Å². The fraction of sp³-hybridized carbons (Fsp3) is 0.409. The van der Waals surface area contributed by atoms with E-state index in [2.05, 4.69) is 4.98 Å². The van der Waals surface area contributed by atoms with Crippen LogP contribution in [-0.4, -0.2) is 72.1 Å². The number of halogens is 2. The summed E-state index contributed by atoms with van der Waals surface area (Å²) >= 11 is 11.7. The van der Waals surface area contributed by atoms with Crippen LogP contribution in [0.1, 0.15) is 45.0 Å². The lowest BCUT2D eigenvalue weighted by atomic mass is 9.84. The van der Waals surface area contributed by atoms with Gasteiger partial charge in [0, 0.05) is 29.7 Å².